The SMILES string of the molecule is C=CCSCCNCCS(=O)(=O)c1ccc(C#N)cc1. The summed E-state index contributed by atoms with van der Waals surface area (Å²) >= 11 is 1.75. The Hall–Kier alpha value is -1.29. The van der Waals surface area contributed by atoms with Gasteiger partial charge >= 0.3 is 0 Å². The van der Waals surface area contributed by atoms with Crippen LogP contribution in [-0.2, 0) is 9.84 Å². The molecule has 0 aliphatic rings. The zero-order chi connectivity index (χ0) is 14.8. The molecule has 1 aromatic carbocycles. The smallest absolute Gasteiger partial charge is 0.179 e. The van der Waals surface area contributed by atoms with Crippen molar-refractivity contribution >= 4 is 21.6 Å². The van der Waals surface area contributed by atoms with Crippen molar-refractivity contribution in [3.05, 3.63) is 42.5 Å². The van der Waals surface area contributed by atoms with E-state index in [-0.39, 0.29) is 10.6 Å². The van der Waals surface area contributed by atoms with Gasteiger partial charge in [-0.1, -0.05) is 6.08 Å². The molecule has 6 heteroatoms. The molecule has 0 aliphatic carbocycles. The van der Waals surface area contributed by atoms with Crippen molar-refractivity contribution in [2.24, 2.45) is 0 Å². The van der Waals surface area contributed by atoms with Gasteiger partial charge in [-0.2, -0.15) is 17.0 Å². The van der Waals surface area contributed by atoms with Crippen molar-refractivity contribution in [1.29, 1.82) is 5.26 Å². The lowest BCUT2D eigenvalue weighted by molar-refractivity contribution is 0.592. The van der Waals surface area contributed by atoms with Crippen molar-refractivity contribution in [3.8, 4) is 6.07 Å². The number of nitriles is 1. The number of thioether (sulfide) groups is 1. The maximum atomic E-state index is 12.0. The Balaban J connectivity index is 2.37. The van der Waals surface area contributed by atoms with Crippen LogP contribution in [0.25, 0.3) is 0 Å². The highest BCUT2D eigenvalue weighted by molar-refractivity contribution is 7.99. The highest BCUT2D eigenvalue weighted by atomic mass is 32.2. The third-order valence-electron chi connectivity index (χ3n) is 2.55. The fourth-order valence-corrected chi connectivity index (χ4v) is 3.32. The van der Waals surface area contributed by atoms with Gasteiger partial charge in [0, 0.05) is 24.6 Å². The van der Waals surface area contributed by atoms with E-state index in [1.165, 1.54) is 24.3 Å². The van der Waals surface area contributed by atoms with Gasteiger partial charge in [0.1, 0.15) is 0 Å². The van der Waals surface area contributed by atoms with Crippen LogP contribution in [0.2, 0.25) is 0 Å². The number of benzene rings is 1. The van der Waals surface area contributed by atoms with Gasteiger partial charge in [-0.25, -0.2) is 8.42 Å². The number of hydrogen-bond acceptors (Lipinski definition) is 5. The van der Waals surface area contributed by atoms with E-state index in [0.717, 1.165) is 18.1 Å². The minimum absolute atomic E-state index is 0.0605. The Morgan fingerprint density at radius 3 is 2.60 bits per heavy atom. The van der Waals surface area contributed by atoms with Crippen LogP contribution in [0.1, 0.15) is 5.56 Å². The summed E-state index contributed by atoms with van der Waals surface area (Å²) in [6, 6.07) is 7.97. The monoisotopic (exact) mass is 310 g/mol. The van der Waals surface area contributed by atoms with Crippen LogP contribution >= 0.6 is 11.8 Å². The van der Waals surface area contributed by atoms with Crippen LogP contribution in [-0.4, -0.2) is 38.8 Å². The van der Waals surface area contributed by atoms with Gasteiger partial charge in [-0.15, -0.1) is 6.58 Å². The average Bonchev–Trinajstić information content (AvgIpc) is 2.46. The van der Waals surface area contributed by atoms with E-state index in [4.69, 9.17) is 5.26 Å². The first-order valence-corrected chi connectivity index (χ1v) is 9.03. The van der Waals surface area contributed by atoms with Crippen LogP contribution in [0, 0.1) is 11.3 Å². The lowest BCUT2D eigenvalue weighted by Crippen LogP contribution is -2.25. The van der Waals surface area contributed by atoms with E-state index < -0.39 is 9.84 Å². The largest absolute Gasteiger partial charge is 0.315 e. The lowest BCUT2D eigenvalue weighted by atomic mass is 10.2. The summed E-state index contributed by atoms with van der Waals surface area (Å²) in [6.45, 7) is 4.84. The van der Waals surface area contributed by atoms with E-state index in [9.17, 15) is 8.42 Å². The fraction of sp³-hybridized carbons (Fsp3) is 0.357. The Morgan fingerprint density at radius 1 is 1.30 bits per heavy atom. The first kappa shape index (κ1) is 16.8. The van der Waals surface area contributed by atoms with Gasteiger partial charge in [-0.3, -0.25) is 0 Å². The molecule has 108 valence electrons. The maximum absolute atomic E-state index is 12.0. The molecule has 0 aromatic heterocycles. The van der Waals surface area contributed by atoms with Crippen LogP contribution < -0.4 is 5.32 Å². The standard InChI is InChI=1S/C14H18N2O2S2/c1-2-9-19-10-7-16-8-11-20(17,18)14-5-3-13(12-15)4-6-14/h2-6,16H,1,7-11H2. The third-order valence-corrected chi connectivity index (χ3v) is 5.25. The summed E-state index contributed by atoms with van der Waals surface area (Å²) < 4.78 is 24.1. The Labute approximate surface area is 124 Å². The number of nitrogens with one attached hydrogen (secondary N) is 1. The molecular weight excluding hydrogens is 292 g/mol. The molecule has 0 radical (unpaired) electrons. The molecule has 4 nitrogen and oxygen atoms in total. The maximum Gasteiger partial charge on any atom is 0.179 e. The van der Waals surface area contributed by atoms with Crippen LogP contribution in [0.4, 0.5) is 0 Å². The van der Waals surface area contributed by atoms with Crippen molar-refractivity contribution in [2.45, 2.75) is 4.90 Å². The second kappa shape index (κ2) is 8.80. The van der Waals surface area contributed by atoms with E-state index >= 15 is 0 Å². The normalized spacial score (nSPS) is 10.9. The molecule has 0 fully saturated rings. The highest BCUT2D eigenvalue weighted by Gasteiger charge is 2.13. The van der Waals surface area contributed by atoms with Crippen LogP contribution in [0.5, 0.6) is 0 Å². The molecule has 0 heterocycles. The fourth-order valence-electron chi connectivity index (χ4n) is 1.50. The van der Waals surface area contributed by atoms with Gasteiger partial charge in [0.05, 0.1) is 22.3 Å². The molecule has 1 rings (SSSR count). The van der Waals surface area contributed by atoms with Crippen molar-refractivity contribution in [2.75, 3.05) is 30.3 Å². The molecule has 1 aromatic rings. The number of rotatable bonds is 9. The number of hydrogen-bond donors (Lipinski definition) is 1. The molecule has 0 unspecified atom stereocenters. The average molecular weight is 310 g/mol. The predicted octanol–water partition coefficient (Wildman–Crippen LogP) is 1.84. The number of nitrogens with zero attached hydrogens (tertiary/aromatic N) is 1. The minimum Gasteiger partial charge on any atom is -0.315 e. The molecule has 0 bridgehead atoms. The topological polar surface area (TPSA) is 70.0 Å². The summed E-state index contributed by atoms with van der Waals surface area (Å²) in [5, 5.41) is 11.8. The molecule has 0 spiro atoms. The van der Waals surface area contributed by atoms with Gasteiger partial charge in [0.15, 0.2) is 9.84 Å². The molecule has 0 saturated heterocycles. The lowest BCUT2D eigenvalue weighted by Gasteiger charge is -2.06. The first-order chi connectivity index (χ1) is 9.60. The second-order valence-corrected chi connectivity index (χ2v) is 7.33. The quantitative estimate of drug-likeness (QED) is 0.557. The summed E-state index contributed by atoms with van der Waals surface area (Å²) in [5.74, 6) is 1.90. The zero-order valence-corrected chi connectivity index (χ0v) is 12.8. The molecule has 0 aliphatic heterocycles. The Morgan fingerprint density at radius 2 is 2.00 bits per heavy atom. The molecule has 0 saturated carbocycles. The van der Waals surface area contributed by atoms with Gasteiger partial charge in [0.25, 0.3) is 0 Å². The van der Waals surface area contributed by atoms with E-state index in [2.05, 4.69) is 11.9 Å². The molecule has 0 atom stereocenters. The second-order valence-electron chi connectivity index (χ2n) is 4.07. The van der Waals surface area contributed by atoms with Gasteiger partial charge in [0.2, 0.25) is 0 Å². The minimum atomic E-state index is -3.28. The molecule has 0 amide bonds. The van der Waals surface area contributed by atoms with Crippen LogP contribution in [0.15, 0.2) is 41.8 Å². The van der Waals surface area contributed by atoms with E-state index in [0.29, 0.717) is 12.1 Å². The van der Waals surface area contributed by atoms with E-state index in [1.54, 1.807) is 11.8 Å². The Bertz CT molecular complexity index is 560. The summed E-state index contributed by atoms with van der Waals surface area (Å²) in [7, 11) is -3.28. The third kappa shape index (κ3) is 5.78. The van der Waals surface area contributed by atoms with Crippen molar-refractivity contribution in [3.63, 3.8) is 0 Å². The van der Waals surface area contributed by atoms with E-state index in [1.807, 2.05) is 12.1 Å². The Kier molecular flexibility index (Phi) is 7.37. The van der Waals surface area contributed by atoms with Crippen LogP contribution in [0.3, 0.4) is 0 Å². The number of sulfone groups is 1. The predicted molar refractivity (Wildman–Crippen MR) is 83.6 cm³/mol. The zero-order valence-electron chi connectivity index (χ0n) is 11.2. The molecule has 1 N–H and O–H groups in total. The summed E-state index contributed by atoms with van der Waals surface area (Å²) in [6.07, 6.45) is 1.85. The van der Waals surface area contributed by atoms with Crippen molar-refractivity contribution < 1.29 is 8.42 Å². The highest BCUT2D eigenvalue weighted by Crippen LogP contribution is 2.11. The van der Waals surface area contributed by atoms with Gasteiger partial charge in [-0.05, 0) is 24.3 Å². The van der Waals surface area contributed by atoms with Crippen molar-refractivity contribution in [1.82, 2.24) is 5.32 Å². The molecule has 20 heavy (non-hydrogen) atoms. The summed E-state index contributed by atoms with van der Waals surface area (Å²) in [4.78, 5) is 0.263. The molecular formula is C14H18N2O2S2. The van der Waals surface area contributed by atoms with Gasteiger partial charge < -0.3 is 5.32 Å². The summed E-state index contributed by atoms with van der Waals surface area (Å²) in [5.41, 5.74) is 0.460. The first-order valence-electron chi connectivity index (χ1n) is 6.22.